The molecule has 1 amide bonds. The van der Waals surface area contributed by atoms with Crippen molar-refractivity contribution in [3.8, 4) is 0 Å². The summed E-state index contributed by atoms with van der Waals surface area (Å²) < 4.78 is 46.4. The van der Waals surface area contributed by atoms with Crippen LogP contribution in [0.3, 0.4) is 0 Å². The smallest absolute Gasteiger partial charge is 0.309 e. The van der Waals surface area contributed by atoms with Crippen LogP contribution in [0.25, 0.3) is 10.9 Å². The summed E-state index contributed by atoms with van der Waals surface area (Å²) in [6.07, 6.45) is 2.61. The molecule has 0 radical (unpaired) electrons. The van der Waals surface area contributed by atoms with Gasteiger partial charge in [-0.3, -0.25) is 9.59 Å². The Hall–Kier alpha value is -3.20. The van der Waals surface area contributed by atoms with Gasteiger partial charge in [-0.2, -0.15) is 0 Å². The summed E-state index contributed by atoms with van der Waals surface area (Å²) in [5.41, 5.74) is 1.13. The lowest BCUT2D eigenvalue weighted by Gasteiger charge is -2.31. The molecule has 0 atom stereocenters. The average Bonchev–Trinajstić information content (AvgIpc) is 3.20. The lowest BCUT2D eigenvalue weighted by atomic mass is 9.97. The van der Waals surface area contributed by atoms with Gasteiger partial charge in [-0.15, -0.1) is 0 Å². The van der Waals surface area contributed by atoms with Gasteiger partial charge in [-0.05, 0) is 43.5 Å². The van der Waals surface area contributed by atoms with Crippen LogP contribution in [0.5, 0.6) is 0 Å². The second-order valence-corrected chi connectivity index (χ2v) is 10.4. The van der Waals surface area contributed by atoms with Crippen LogP contribution in [0.15, 0.2) is 59.6 Å². The number of piperidine rings is 1. The summed E-state index contributed by atoms with van der Waals surface area (Å²) in [6, 6.07) is 12.4. The number of nitrogens with zero attached hydrogens (tertiary/aromatic N) is 2. The number of amides is 1. The molecule has 0 aliphatic carbocycles. The van der Waals surface area contributed by atoms with Crippen LogP contribution >= 0.6 is 0 Å². The van der Waals surface area contributed by atoms with Crippen molar-refractivity contribution in [1.82, 2.24) is 9.47 Å². The van der Waals surface area contributed by atoms with Crippen molar-refractivity contribution in [2.24, 2.45) is 5.92 Å². The monoisotopic (exact) mass is 486 g/mol. The lowest BCUT2D eigenvalue weighted by molar-refractivity contribution is -0.151. The summed E-state index contributed by atoms with van der Waals surface area (Å²) in [5.74, 6) is -1.24. The van der Waals surface area contributed by atoms with Gasteiger partial charge in [-0.25, -0.2) is 12.8 Å². The summed E-state index contributed by atoms with van der Waals surface area (Å²) >= 11 is 0. The van der Waals surface area contributed by atoms with Crippen LogP contribution in [-0.4, -0.2) is 49.5 Å². The maximum Gasteiger partial charge on any atom is 0.309 e. The van der Waals surface area contributed by atoms with E-state index >= 15 is 0 Å². The molecule has 4 rings (SSSR count). The standard InChI is InChI=1S/C25H27FN2O5S/c1-2-33-25(30)19-11-13-27(14-12-19)24(29)16-28-15-23(21-5-3-4-6-22(21)28)34(31,32)17-18-7-9-20(26)10-8-18/h3-10,15,19H,2,11-14,16-17H2,1H3. The van der Waals surface area contributed by atoms with Crippen LogP contribution in [0, 0.1) is 11.7 Å². The van der Waals surface area contributed by atoms with Crippen molar-refractivity contribution in [1.29, 1.82) is 0 Å². The summed E-state index contributed by atoms with van der Waals surface area (Å²) in [6.45, 7) is 3.02. The zero-order valence-electron chi connectivity index (χ0n) is 18.9. The maximum atomic E-state index is 13.2. The van der Waals surface area contributed by atoms with Gasteiger partial charge in [-0.1, -0.05) is 30.3 Å². The lowest BCUT2D eigenvalue weighted by Crippen LogP contribution is -2.42. The number of benzene rings is 2. The van der Waals surface area contributed by atoms with Gasteiger partial charge in [0.2, 0.25) is 5.91 Å². The van der Waals surface area contributed by atoms with Crippen LogP contribution in [0.4, 0.5) is 4.39 Å². The Morgan fingerprint density at radius 3 is 2.41 bits per heavy atom. The Balaban J connectivity index is 1.52. The van der Waals surface area contributed by atoms with E-state index in [-0.39, 0.29) is 35.0 Å². The molecule has 180 valence electrons. The van der Waals surface area contributed by atoms with E-state index < -0.39 is 15.7 Å². The molecule has 7 nitrogen and oxygen atoms in total. The van der Waals surface area contributed by atoms with Crippen LogP contribution < -0.4 is 0 Å². The number of hydrogen-bond donors (Lipinski definition) is 0. The third kappa shape index (κ3) is 5.14. The second kappa shape index (κ2) is 9.97. The fraction of sp³-hybridized carbons (Fsp3) is 0.360. The molecule has 34 heavy (non-hydrogen) atoms. The highest BCUT2D eigenvalue weighted by atomic mass is 32.2. The van der Waals surface area contributed by atoms with Gasteiger partial charge in [0.25, 0.3) is 0 Å². The molecule has 1 aliphatic heterocycles. The minimum absolute atomic E-state index is 0.00332. The predicted octanol–water partition coefficient (Wildman–Crippen LogP) is 3.56. The normalized spacial score (nSPS) is 14.9. The molecule has 3 aromatic rings. The molecular formula is C25H27FN2O5S. The molecule has 9 heteroatoms. The number of esters is 1. The highest BCUT2D eigenvalue weighted by Crippen LogP contribution is 2.28. The van der Waals surface area contributed by atoms with E-state index in [4.69, 9.17) is 4.74 Å². The molecule has 0 saturated carbocycles. The van der Waals surface area contributed by atoms with E-state index in [0.29, 0.717) is 49.0 Å². The van der Waals surface area contributed by atoms with E-state index in [9.17, 15) is 22.4 Å². The molecule has 2 aromatic carbocycles. The van der Waals surface area contributed by atoms with Gasteiger partial charge in [0.1, 0.15) is 12.4 Å². The number of fused-ring (bicyclic) bond motifs is 1. The number of ether oxygens (including phenoxy) is 1. The van der Waals surface area contributed by atoms with E-state index in [1.54, 1.807) is 40.7 Å². The van der Waals surface area contributed by atoms with Crippen molar-refractivity contribution in [3.63, 3.8) is 0 Å². The van der Waals surface area contributed by atoms with Gasteiger partial charge < -0.3 is 14.2 Å². The quantitative estimate of drug-likeness (QED) is 0.477. The molecule has 1 fully saturated rings. The molecule has 1 aliphatic rings. The van der Waals surface area contributed by atoms with Crippen LogP contribution in [-0.2, 0) is 36.5 Å². The average molecular weight is 487 g/mol. The largest absolute Gasteiger partial charge is 0.466 e. The van der Waals surface area contributed by atoms with Crippen LogP contribution in [0.2, 0.25) is 0 Å². The number of carbonyl (C=O) groups excluding carboxylic acids is 2. The predicted molar refractivity (Wildman–Crippen MR) is 125 cm³/mol. The molecule has 0 spiro atoms. The first-order chi connectivity index (χ1) is 16.3. The van der Waals surface area contributed by atoms with Gasteiger partial charge in [0, 0.05) is 30.2 Å². The number of aromatic nitrogens is 1. The number of carbonyl (C=O) groups is 2. The first-order valence-electron chi connectivity index (χ1n) is 11.3. The fourth-order valence-corrected chi connectivity index (χ4v) is 5.92. The Kier molecular flexibility index (Phi) is 7.02. The molecule has 0 unspecified atom stereocenters. The van der Waals surface area contributed by atoms with E-state index in [1.807, 2.05) is 0 Å². The Morgan fingerprint density at radius 2 is 1.74 bits per heavy atom. The summed E-state index contributed by atoms with van der Waals surface area (Å²) in [5, 5.41) is 0.540. The Bertz CT molecular complexity index is 1290. The van der Waals surface area contributed by atoms with Crippen molar-refractivity contribution in [2.45, 2.75) is 37.0 Å². The molecule has 1 aromatic heterocycles. The third-order valence-corrected chi connectivity index (χ3v) is 7.84. The topological polar surface area (TPSA) is 85.7 Å². The Morgan fingerprint density at radius 1 is 1.06 bits per heavy atom. The van der Waals surface area contributed by atoms with Gasteiger partial charge in [0.05, 0.1) is 23.2 Å². The number of para-hydroxylation sites is 1. The maximum absolute atomic E-state index is 13.2. The number of halogens is 1. The Labute approximate surface area is 198 Å². The molecule has 1 saturated heterocycles. The van der Waals surface area contributed by atoms with Gasteiger partial charge in [0.15, 0.2) is 9.84 Å². The zero-order chi connectivity index (χ0) is 24.3. The SMILES string of the molecule is CCOC(=O)C1CCN(C(=O)Cn2cc(S(=O)(=O)Cc3ccc(F)cc3)c3ccccc32)CC1. The minimum atomic E-state index is -3.73. The highest BCUT2D eigenvalue weighted by molar-refractivity contribution is 7.90. The molecule has 0 bridgehead atoms. The number of sulfone groups is 1. The number of hydrogen-bond acceptors (Lipinski definition) is 5. The molecule has 0 N–H and O–H groups in total. The van der Waals surface area contributed by atoms with Crippen LogP contribution in [0.1, 0.15) is 25.3 Å². The summed E-state index contributed by atoms with van der Waals surface area (Å²) in [4.78, 5) is 26.8. The molecular weight excluding hydrogens is 459 g/mol. The van der Waals surface area contributed by atoms with Crippen molar-refractivity contribution in [2.75, 3.05) is 19.7 Å². The minimum Gasteiger partial charge on any atom is -0.466 e. The first-order valence-corrected chi connectivity index (χ1v) is 12.9. The van der Waals surface area contributed by atoms with E-state index in [0.717, 1.165) is 0 Å². The van der Waals surface area contributed by atoms with E-state index in [1.165, 1.54) is 30.5 Å². The highest BCUT2D eigenvalue weighted by Gasteiger charge is 2.29. The van der Waals surface area contributed by atoms with E-state index in [2.05, 4.69) is 0 Å². The first kappa shape index (κ1) is 23.9. The van der Waals surface area contributed by atoms with Crippen molar-refractivity contribution in [3.05, 3.63) is 66.1 Å². The number of likely N-dealkylation sites (tertiary alicyclic amines) is 1. The summed E-state index contributed by atoms with van der Waals surface area (Å²) in [7, 11) is -3.73. The second-order valence-electron chi connectivity index (χ2n) is 8.43. The molecule has 2 heterocycles. The van der Waals surface area contributed by atoms with Gasteiger partial charge >= 0.3 is 5.97 Å². The third-order valence-electron chi connectivity index (χ3n) is 6.13. The zero-order valence-corrected chi connectivity index (χ0v) is 19.8. The fourth-order valence-electron chi connectivity index (χ4n) is 4.34. The number of rotatable bonds is 7. The van der Waals surface area contributed by atoms with Crippen molar-refractivity contribution < 1.29 is 27.1 Å². The van der Waals surface area contributed by atoms with Crippen molar-refractivity contribution >= 4 is 32.6 Å².